The third kappa shape index (κ3) is 4.20. The van der Waals surface area contributed by atoms with E-state index in [2.05, 4.69) is 25.6 Å². The molecule has 12 heteroatoms. The molecule has 0 fully saturated rings. The minimum atomic E-state index is -3.78. The van der Waals surface area contributed by atoms with Crippen LogP contribution in [-0.2, 0) is 10.0 Å². The number of hydrogen-bond donors (Lipinski definition) is 4. The number of sulfonamides is 1. The second kappa shape index (κ2) is 7.67. The van der Waals surface area contributed by atoms with Gasteiger partial charge in [-0.3, -0.25) is 4.79 Å². The molecule has 0 atom stereocenters. The van der Waals surface area contributed by atoms with Crippen LogP contribution >= 0.6 is 11.3 Å². The molecule has 0 saturated carbocycles. The highest BCUT2D eigenvalue weighted by Crippen LogP contribution is 2.26. The van der Waals surface area contributed by atoms with Crippen molar-refractivity contribution >= 4 is 60.6 Å². The molecule has 0 aliphatic heterocycles. The van der Waals surface area contributed by atoms with Crippen LogP contribution in [0.2, 0.25) is 0 Å². The number of primary amides is 1. The molecule has 4 aromatic rings. The van der Waals surface area contributed by atoms with Crippen LogP contribution in [0.1, 0.15) is 10.4 Å². The molecule has 152 valence electrons. The third-order valence-electron chi connectivity index (χ3n) is 4.09. The van der Waals surface area contributed by atoms with E-state index in [9.17, 15) is 13.2 Å². The van der Waals surface area contributed by atoms with E-state index in [4.69, 9.17) is 10.9 Å². The van der Waals surface area contributed by atoms with E-state index in [0.29, 0.717) is 11.4 Å². The predicted molar refractivity (Wildman–Crippen MR) is 115 cm³/mol. The lowest BCUT2D eigenvalue weighted by molar-refractivity contribution is 0.100. The first-order valence-corrected chi connectivity index (χ1v) is 10.9. The Morgan fingerprint density at radius 1 is 1.00 bits per heavy atom. The van der Waals surface area contributed by atoms with Gasteiger partial charge in [-0.2, -0.15) is 4.98 Å². The molecule has 4 rings (SSSR count). The third-order valence-corrected chi connectivity index (χ3v) is 5.81. The van der Waals surface area contributed by atoms with Gasteiger partial charge in [0.05, 0.1) is 20.6 Å². The molecule has 30 heavy (non-hydrogen) atoms. The molecular formula is C18H15N7O3S2. The molecule has 0 aliphatic carbocycles. The highest BCUT2D eigenvalue weighted by molar-refractivity contribution is 7.89. The molecule has 0 unspecified atom stereocenters. The highest BCUT2D eigenvalue weighted by atomic mass is 32.2. The normalized spacial score (nSPS) is 11.4. The molecule has 1 amide bonds. The monoisotopic (exact) mass is 441 g/mol. The van der Waals surface area contributed by atoms with Crippen LogP contribution in [0, 0.1) is 0 Å². The van der Waals surface area contributed by atoms with Gasteiger partial charge in [-0.05, 0) is 42.5 Å². The zero-order chi connectivity index (χ0) is 21.3. The maximum absolute atomic E-state index is 11.8. The minimum Gasteiger partial charge on any atom is -0.365 e. The SMILES string of the molecule is NC(=O)c1cnc(Nc2ccc(S(N)(=O)=O)cc2)nc1Nc1ccc2ncsc2c1. The molecule has 0 aliphatic rings. The Morgan fingerprint density at radius 3 is 2.43 bits per heavy atom. The van der Waals surface area contributed by atoms with E-state index in [0.717, 1.165) is 10.2 Å². The second-order valence-electron chi connectivity index (χ2n) is 6.17. The lowest BCUT2D eigenvalue weighted by atomic mass is 10.2. The summed E-state index contributed by atoms with van der Waals surface area (Å²) in [5.74, 6) is -0.268. The molecule has 2 aromatic heterocycles. The maximum atomic E-state index is 11.8. The minimum absolute atomic E-state index is 0.0149. The van der Waals surface area contributed by atoms with Gasteiger partial charge in [-0.25, -0.2) is 23.5 Å². The van der Waals surface area contributed by atoms with E-state index in [1.54, 1.807) is 5.51 Å². The largest absolute Gasteiger partial charge is 0.365 e. The quantitative estimate of drug-likeness (QED) is 0.354. The fraction of sp³-hybridized carbons (Fsp3) is 0. The first kappa shape index (κ1) is 19.7. The number of anilines is 4. The molecule has 0 spiro atoms. The number of hydrogen-bond acceptors (Lipinski definition) is 9. The zero-order valence-electron chi connectivity index (χ0n) is 15.2. The van der Waals surface area contributed by atoms with Gasteiger partial charge in [0.15, 0.2) is 0 Å². The Kier molecular flexibility index (Phi) is 5.03. The molecule has 6 N–H and O–H groups in total. The van der Waals surface area contributed by atoms with Crippen LogP contribution in [0.15, 0.2) is 59.1 Å². The summed E-state index contributed by atoms with van der Waals surface area (Å²) >= 11 is 1.49. The zero-order valence-corrected chi connectivity index (χ0v) is 16.9. The number of carbonyl (C=O) groups excluding carboxylic acids is 1. The number of rotatable bonds is 6. The number of aromatic nitrogens is 3. The van der Waals surface area contributed by atoms with Crippen molar-refractivity contribution in [3.8, 4) is 0 Å². The van der Waals surface area contributed by atoms with Crippen molar-refractivity contribution in [2.24, 2.45) is 10.9 Å². The fourth-order valence-corrected chi connectivity index (χ4v) is 3.88. The number of primary sulfonamides is 1. The van der Waals surface area contributed by atoms with Crippen molar-refractivity contribution in [2.45, 2.75) is 4.90 Å². The smallest absolute Gasteiger partial charge is 0.254 e. The van der Waals surface area contributed by atoms with E-state index >= 15 is 0 Å². The summed E-state index contributed by atoms with van der Waals surface area (Å²) in [7, 11) is -3.78. The number of benzene rings is 2. The van der Waals surface area contributed by atoms with Crippen LogP contribution in [0.4, 0.5) is 23.1 Å². The summed E-state index contributed by atoms with van der Waals surface area (Å²) in [5, 5.41) is 11.1. The Bertz CT molecular complexity index is 1350. The molecule has 2 aromatic carbocycles. The van der Waals surface area contributed by atoms with E-state index in [1.165, 1.54) is 41.8 Å². The topological polar surface area (TPSA) is 166 Å². The number of amides is 1. The Hall–Kier alpha value is -3.61. The summed E-state index contributed by atoms with van der Waals surface area (Å²) in [5.41, 5.74) is 9.42. The Morgan fingerprint density at radius 2 is 1.73 bits per heavy atom. The van der Waals surface area contributed by atoms with Gasteiger partial charge in [0.1, 0.15) is 11.4 Å². The van der Waals surface area contributed by atoms with Gasteiger partial charge in [-0.1, -0.05) is 0 Å². The number of fused-ring (bicyclic) bond motifs is 1. The summed E-state index contributed by atoms with van der Waals surface area (Å²) in [6.07, 6.45) is 1.31. The summed E-state index contributed by atoms with van der Waals surface area (Å²) in [6.45, 7) is 0. The Balaban J connectivity index is 1.63. The first-order chi connectivity index (χ1) is 14.3. The van der Waals surface area contributed by atoms with Gasteiger partial charge < -0.3 is 16.4 Å². The molecule has 0 bridgehead atoms. The number of carbonyl (C=O) groups is 1. The van der Waals surface area contributed by atoms with Crippen molar-refractivity contribution in [2.75, 3.05) is 10.6 Å². The number of thiazole rings is 1. The highest BCUT2D eigenvalue weighted by Gasteiger charge is 2.14. The van der Waals surface area contributed by atoms with Gasteiger partial charge in [0, 0.05) is 17.6 Å². The van der Waals surface area contributed by atoms with Crippen molar-refractivity contribution < 1.29 is 13.2 Å². The van der Waals surface area contributed by atoms with E-state index < -0.39 is 15.9 Å². The lowest BCUT2D eigenvalue weighted by Crippen LogP contribution is -2.15. The molecular weight excluding hydrogens is 426 g/mol. The van der Waals surface area contributed by atoms with Crippen LogP contribution in [0.5, 0.6) is 0 Å². The average Bonchev–Trinajstić information content (AvgIpc) is 3.15. The van der Waals surface area contributed by atoms with Crippen molar-refractivity contribution in [3.05, 3.63) is 59.7 Å². The second-order valence-corrected chi connectivity index (χ2v) is 8.62. The van der Waals surface area contributed by atoms with Crippen LogP contribution in [-0.4, -0.2) is 29.3 Å². The van der Waals surface area contributed by atoms with Crippen molar-refractivity contribution in [3.63, 3.8) is 0 Å². The van der Waals surface area contributed by atoms with Gasteiger partial charge in [0.2, 0.25) is 16.0 Å². The van der Waals surface area contributed by atoms with Gasteiger partial charge >= 0.3 is 0 Å². The van der Waals surface area contributed by atoms with Gasteiger partial charge in [-0.15, -0.1) is 11.3 Å². The first-order valence-electron chi connectivity index (χ1n) is 8.46. The van der Waals surface area contributed by atoms with Crippen molar-refractivity contribution in [1.82, 2.24) is 15.0 Å². The molecule has 0 saturated heterocycles. The fourth-order valence-electron chi connectivity index (χ4n) is 2.64. The van der Waals surface area contributed by atoms with Crippen LogP contribution < -0.4 is 21.5 Å². The number of nitrogens with two attached hydrogens (primary N) is 2. The van der Waals surface area contributed by atoms with Gasteiger partial charge in [0.25, 0.3) is 5.91 Å². The Labute approximate surface area is 175 Å². The summed E-state index contributed by atoms with van der Waals surface area (Å²) < 4.78 is 23.7. The molecule has 2 heterocycles. The van der Waals surface area contributed by atoms with Crippen LogP contribution in [0.3, 0.4) is 0 Å². The van der Waals surface area contributed by atoms with E-state index in [-0.39, 0.29) is 22.2 Å². The molecule has 10 nitrogen and oxygen atoms in total. The summed E-state index contributed by atoms with van der Waals surface area (Å²) in [6, 6.07) is 11.3. The average molecular weight is 441 g/mol. The van der Waals surface area contributed by atoms with E-state index in [1.807, 2.05) is 18.2 Å². The van der Waals surface area contributed by atoms with Crippen LogP contribution in [0.25, 0.3) is 10.2 Å². The lowest BCUT2D eigenvalue weighted by Gasteiger charge is -2.12. The number of nitrogens with zero attached hydrogens (tertiary/aromatic N) is 3. The standard InChI is InChI=1S/C18H15N7O3S2/c19-16(26)13-8-21-18(24-10-1-4-12(5-2-10)30(20,27)28)25-17(13)23-11-3-6-14-15(7-11)29-9-22-14/h1-9H,(H2,19,26)(H2,20,27,28)(H2,21,23,24,25). The van der Waals surface area contributed by atoms with Crippen molar-refractivity contribution in [1.29, 1.82) is 0 Å². The predicted octanol–water partition coefficient (Wildman–Crippen LogP) is 2.32. The number of nitrogens with one attached hydrogen (secondary N) is 2. The maximum Gasteiger partial charge on any atom is 0.254 e. The summed E-state index contributed by atoms with van der Waals surface area (Å²) in [4.78, 5) is 24.4. The molecule has 0 radical (unpaired) electrons.